The number of nitrogens with one attached hydrogen (secondary N) is 2. The number of rotatable bonds is 1. The van der Waals surface area contributed by atoms with Crippen molar-refractivity contribution in [2.24, 2.45) is 0 Å². The monoisotopic (exact) mass is 290 g/mol. The quantitative estimate of drug-likeness (QED) is 0.826. The molecule has 1 aliphatic carbocycles. The lowest BCUT2D eigenvalue weighted by Gasteiger charge is -2.34. The fourth-order valence-electron chi connectivity index (χ4n) is 3.49. The Morgan fingerprint density at radius 3 is 2.77 bits per heavy atom. The van der Waals surface area contributed by atoms with Crippen molar-refractivity contribution in [2.45, 2.75) is 25.8 Å². The molecule has 2 aromatic rings. The molecule has 110 valence electrons. The molecule has 0 radical (unpaired) electrons. The molecule has 2 amide bonds. The van der Waals surface area contributed by atoms with Crippen molar-refractivity contribution in [2.75, 3.05) is 0 Å². The molecule has 1 unspecified atom stereocenters. The maximum Gasteiger partial charge on any atom is 0.319 e. The van der Waals surface area contributed by atoms with E-state index in [2.05, 4.69) is 60.0 Å². The lowest BCUT2D eigenvalue weighted by molar-refractivity contribution is 0.240. The SMILES string of the molecule is Cc1cccc(C2NC(=O)NC3=C2CCc2ccccc23)c1. The Hall–Kier alpha value is -2.55. The molecule has 0 saturated heterocycles. The third-order valence-electron chi connectivity index (χ3n) is 4.51. The molecule has 4 rings (SSSR count). The predicted octanol–water partition coefficient (Wildman–Crippen LogP) is 3.71. The minimum Gasteiger partial charge on any atom is -0.327 e. The van der Waals surface area contributed by atoms with E-state index < -0.39 is 0 Å². The van der Waals surface area contributed by atoms with Gasteiger partial charge in [-0.2, -0.15) is 0 Å². The van der Waals surface area contributed by atoms with Crippen molar-refractivity contribution in [1.82, 2.24) is 10.6 Å². The van der Waals surface area contributed by atoms with Crippen molar-refractivity contribution in [1.29, 1.82) is 0 Å². The molecule has 0 spiro atoms. The lowest BCUT2D eigenvalue weighted by Crippen LogP contribution is -2.44. The summed E-state index contributed by atoms with van der Waals surface area (Å²) in [4.78, 5) is 12.1. The van der Waals surface area contributed by atoms with Crippen molar-refractivity contribution < 1.29 is 4.79 Å². The fraction of sp³-hybridized carbons (Fsp3) is 0.211. The van der Waals surface area contributed by atoms with Gasteiger partial charge in [-0.1, -0.05) is 54.1 Å². The molecule has 3 heteroatoms. The first-order valence-corrected chi connectivity index (χ1v) is 7.68. The Morgan fingerprint density at radius 2 is 1.91 bits per heavy atom. The summed E-state index contributed by atoms with van der Waals surface area (Å²) in [6.07, 6.45) is 1.99. The lowest BCUT2D eigenvalue weighted by atomic mass is 9.82. The minimum atomic E-state index is -0.123. The molecule has 2 aromatic carbocycles. The van der Waals surface area contributed by atoms with Gasteiger partial charge in [0, 0.05) is 5.56 Å². The van der Waals surface area contributed by atoms with Gasteiger partial charge in [0.1, 0.15) is 0 Å². The van der Waals surface area contributed by atoms with Crippen molar-refractivity contribution in [3.8, 4) is 0 Å². The molecule has 2 aliphatic rings. The maximum atomic E-state index is 12.1. The molecule has 0 aromatic heterocycles. The summed E-state index contributed by atoms with van der Waals surface area (Å²) < 4.78 is 0. The van der Waals surface area contributed by atoms with Gasteiger partial charge in [0.2, 0.25) is 0 Å². The Kier molecular flexibility index (Phi) is 3.00. The van der Waals surface area contributed by atoms with Crippen LogP contribution in [0.25, 0.3) is 5.70 Å². The van der Waals surface area contributed by atoms with E-state index >= 15 is 0 Å². The second-order valence-corrected chi connectivity index (χ2v) is 6.00. The summed E-state index contributed by atoms with van der Waals surface area (Å²) in [6.45, 7) is 2.08. The molecule has 3 nitrogen and oxygen atoms in total. The van der Waals surface area contributed by atoms with E-state index in [-0.39, 0.29) is 12.1 Å². The van der Waals surface area contributed by atoms with Gasteiger partial charge in [-0.05, 0) is 36.5 Å². The maximum absolute atomic E-state index is 12.1. The molecular weight excluding hydrogens is 272 g/mol. The van der Waals surface area contributed by atoms with Crippen LogP contribution in [0.15, 0.2) is 54.1 Å². The number of hydrogen-bond acceptors (Lipinski definition) is 1. The summed E-state index contributed by atoms with van der Waals surface area (Å²) in [7, 11) is 0. The number of hydrogen-bond donors (Lipinski definition) is 2. The van der Waals surface area contributed by atoms with E-state index in [1.807, 2.05) is 6.07 Å². The van der Waals surface area contributed by atoms with E-state index in [4.69, 9.17) is 0 Å². The normalized spacial score (nSPS) is 19.9. The minimum absolute atomic E-state index is 0.0305. The Bertz CT molecular complexity index is 792. The van der Waals surface area contributed by atoms with Gasteiger partial charge in [-0.25, -0.2) is 4.79 Å². The van der Waals surface area contributed by atoms with Crippen molar-refractivity contribution in [3.63, 3.8) is 0 Å². The number of amides is 2. The van der Waals surface area contributed by atoms with Crippen LogP contribution in [0.3, 0.4) is 0 Å². The van der Waals surface area contributed by atoms with Crippen LogP contribution in [0.2, 0.25) is 0 Å². The third-order valence-corrected chi connectivity index (χ3v) is 4.51. The second-order valence-electron chi connectivity index (χ2n) is 6.00. The van der Waals surface area contributed by atoms with Gasteiger partial charge >= 0.3 is 6.03 Å². The summed E-state index contributed by atoms with van der Waals surface area (Å²) in [5.41, 5.74) is 7.12. The number of urea groups is 1. The standard InChI is InChI=1S/C19H18N2O/c1-12-5-4-7-14(11-12)17-16-10-9-13-6-2-3-8-15(13)18(16)21-19(22)20-17/h2-8,11,17H,9-10H2,1H3,(H2,20,21,22). The largest absolute Gasteiger partial charge is 0.327 e. The van der Waals surface area contributed by atoms with E-state index in [1.54, 1.807) is 0 Å². The van der Waals surface area contributed by atoms with Crippen LogP contribution < -0.4 is 10.6 Å². The summed E-state index contributed by atoms with van der Waals surface area (Å²) >= 11 is 0. The molecule has 0 saturated carbocycles. The zero-order valence-electron chi connectivity index (χ0n) is 12.5. The highest BCUT2D eigenvalue weighted by molar-refractivity contribution is 5.91. The van der Waals surface area contributed by atoms with Gasteiger partial charge in [0.25, 0.3) is 0 Å². The Balaban J connectivity index is 1.86. The molecule has 2 N–H and O–H groups in total. The summed E-state index contributed by atoms with van der Waals surface area (Å²) in [5, 5.41) is 6.10. The number of carbonyl (C=O) groups is 1. The van der Waals surface area contributed by atoms with Crippen LogP contribution in [0.5, 0.6) is 0 Å². The van der Waals surface area contributed by atoms with Gasteiger partial charge in [-0.3, -0.25) is 0 Å². The van der Waals surface area contributed by atoms with Crippen molar-refractivity contribution >= 4 is 11.7 Å². The van der Waals surface area contributed by atoms with Gasteiger partial charge < -0.3 is 10.6 Å². The Labute approximate surface area is 130 Å². The highest BCUT2D eigenvalue weighted by Gasteiger charge is 2.31. The number of carbonyl (C=O) groups excluding carboxylic acids is 1. The highest BCUT2D eigenvalue weighted by Crippen LogP contribution is 2.38. The van der Waals surface area contributed by atoms with Gasteiger partial charge in [-0.15, -0.1) is 0 Å². The molecule has 22 heavy (non-hydrogen) atoms. The van der Waals surface area contributed by atoms with Crippen LogP contribution in [0.4, 0.5) is 4.79 Å². The van der Waals surface area contributed by atoms with E-state index in [0.717, 1.165) is 29.7 Å². The van der Waals surface area contributed by atoms with Crippen LogP contribution >= 0.6 is 0 Å². The van der Waals surface area contributed by atoms with Crippen LogP contribution in [0.1, 0.15) is 34.7 Å². The topological polar surface area (TPSA) is 41.1 Å². The Morgan fingerprint density at radius 1 is 1.05 bits per heavy atom. The van der Waals surface area contributed by atoms with Crippen LogP contribution in [-0.2, 0) is 6.42 Å². The van der Waals surface area contributed by atoms with Gasteiger partial charge in [0.15, 0.2) is 0 Å². The van der Waals surface area contributed by atoms with E-state index in [9.17, 15) is 4.79 Å². The molecule has 0 fully saturated rings. The first-order chi connectivity index (χ1) is 10.7. The second kappa shape index (κ2) is 5.02. The molecule has 1 aliphatic heterocycles. The highest BCUT2D eigenvalue weighted by atomic mass is 16.2. The van der Waals surface area contributed by atoms with Crippen LogP contribution in [-0.4, -0.2) is 6.03 Å². The predicted molar refractivity (Wildman–Crippen MR) is 87.3 cm³/mol. The molecule has 1 heterocycles. The molecule has 1 atom stereocenters. The van der Waals surface area contributed by atoms with E-state index in [1.165, 1.54) is 16.7 Å². The average Bonchev–Trinajstić information content (AvgIpc) is 2.54. The molecular formula is C19H18N2O. The summed E-state index contributed by atoms with van der Waals surface area (Å²) in [6, 6.07) is 16.6. The first kappa shape index (κ1) is 13.1. The van der Waals surface area contributed by atoms with Crippen molar-refractivity contribution in [3.05, 3.63) is 76.4 Å². The zero-order valence-corrected chi connectivity index (χ0v) is 12.5. The van der Waals surface area contributed by atoms with Gasteiger partial charge in [0.05, 0.1) is 11.7 Å². The molecule has 0 bridgehead atoms. The van der Waals surface area contributed by atoms with Crippen LogP contribution in [0, 0.1) is 6.92 Å². The number of fused-ring (bicyclic) bond motifs is 2. The zero-order chi connectivity index (χ0) is 15.1. The average molecular weight is 290 g/mol. The number of aryl methyl sites for hydroxylation is 2. The number of benzene rings is 2. The fourth-order valence-corrected chi connectivity index (χ4v) is 3.49. The van der Waals surface area contributed by atoms with E-state index in [0.29, 0.717) is 0 Å². The third kappa shape index (κ3) is 2.10. The summed E-state index contributed by atoms with van der Waals surface area (Å²) in [5.74, 6) is 0. The first-order valence-electron chi connectivity index (χ1n) is 7.68. The smallest absolute Gasteiger partial charge is 0.319 e.